The van der Waals surface area contributed by atoms with Crippen molar-refractivity contribution < 1.29 is 4.74 Å². The zero-order valence-corrected chi connectivity index (χ0v) is 33.9. The molecule has 0 bridgehead atoms. The summed E-state index contributed by atoms with van der Waals surface area (Å²) >= 11 is 0. The Labute approximate surface area is 355 Å². The molecule has 2 aliphatic heterocycles. The smallest absolute Gasteiger partial charge is 0.140 e. The molecular formula is C58H40N2O. The molecule has 1 atom stereocenters. The van der Waals surface area contributed by atoms with Gasteiger partial charge in [0.05, 0.1) is 22.1 Å². The highest BCUT2D eigenvalue weighted by Gasteiger charge is 2.50. The summed E-state index contributed by atoms with van der Waals surface area (Å²) in [5.41, 5.74) is 18.7. The minimum atomic E-state index is -0.619. The van der Waals surface area contributed by atoms with Gasteiger partial charge in [0.15, 0.2) is 0 Å². The Morgan fingerprint density at radius 2 is 1.03 bits per heavy atom. The lowest BCUT2D eigenvalue weighted by atomic mass is 9.61. The lowest BCUT2D eigenvalue weighted by molar-refractivity contribution is 0.435. The molecule has 1 aliphatic carbocycles. The van der Waals surface area contributed by atoms with E-state index in [0.717, 1.165) is 50.8 Å². The average molecular weight is 781 g/mol. The third-order valence-corrected chi connectivity index (χ3v) is 13.8. The van der Waals surface area contributed by atoms with Crippen LogP contribution in [0.1, 0.15) is 47.2 Å². The Hall–Kier alpha value is -7.62. The maximum absolute atomic E-state index is 7.14. The highest BCUT2D eigenvalue weighted by atomic mass is 16.5. The summed E-state index contributed by atoms with van der Waals surface area (Å²) in [4.78, 5) is 2.38. The van der Waals surface area contributed by atoms with Gasteiger partial charge in [-0.05, 0) is 93.5 Å². The average Bonchev–Trinajstić information content (AvgIpc) is 3.77. The fraction of sp³-hybridized carbons (Fsp3) is 0.0690. The molecule has 0 fully saturated rings. The van der Waals surface area contributed by atoms with E-state index in [-0.39, 0.29) is 5.41 Å². The van der Waals surface area contributed by atoms with E-state index in [1.54, 1.807) is 0 Å². The third kappa shape index (κ3) is 4.53. The van der Waals surface area contributed by atoms with E-state index in [9.17, 15) is 0 Å². The Kier molecular flexibility index (Phi) is 6.99. The van der Waals surface area contributed by atoms with Crippen LogP contribution in [0, 0.1) is 0 Å². The Morgan fingerprint density at radius 1 is 0.426 bits per heavy atom. The zero-order chi connectivity index (χ0) is 40.5. The van der Waals surface area contributed by atoms with E-state index >= 15 is 0 Å². The van der Waals surface area contributed by atoms with E-state index in [4.69, 9.17) is 4.74 Å². The number of fused-ring (bicyclic) bond motifs is 14. The number of anilines is 3. The van der Waals surface area contributed by atoms with E-state index in [1.165, 1.54) is 60.9 Å². The minimum Gasteiger partial charge on any atom is -0.456 e. The lowest BCUT2D eigenvalue weighted by Gasteiger charge is -2.45. The first-order chi connectivity index (χ1) is 30.0. The molecular weight excluding hydrogens is 741 g/mol. The first kappa shape index (κ1) is 34.3. The molecule has 3 heterocycles. The van der Waals surface area contributed by atoms with Gasteiger partial charge in [0.2, 0.25) is 0 Å². The molecule has 1 aromatic heterocycles. The highest BCUT2D eigenvalue weighted by molar-refractivity contribution is 6.12. The van der Waals surface area contributed by atoms with Crippen LogP contribution in [0.4, 0.5) is 17.1 Å². The highest BCUT2D eigenvalue weighted by Crippen LogP contribution is 2.61. The molecule has 0 amide bonds. The van der Waals surface area contributed by atoms with Crippen LogP contribution in [0.2, 0.25) is 0 Å². The molecule has 0 radical (unpaired) electrons. The topological polar surface area (TPSA) is 17.4 Å². The predicted octanol–water partition coefficient (Wildman–Crippen LogP) is 15.0. The van der Waals surface area contributed by atoms with Gasteiger partial charge in [0.1, 0.15) is 11.5 Å². The van der Waals surface area contributed by atoms with Gasteiger partial charge < -0.3 is 14.2 Å². The van der Waals surface area contributed by atoms with Gasteiger partial charge in [-0.25, -0.2) is 0 Å². The second-order valence-electron chi connectivity index (χ2n) is 17.2. The first-order valence-electron chi connectivity index (χ1n) is 21.3. The summed E-state index contributed by atoms with van der Waals surface area (Å²) in [5.74, 6) is 1.78. The second-order valence-corrected chi connectivity index (χ2v) is 17.2. The number of para-hydroxylation sites is 6. The Morgan fingerprint density at radius 3 is 1.90 bits per heavy atom. The predicted molar refractivity (Wildman–Crippen MR) is 250 cm³/mol. The first-order valence-corrected chi connectivity index (χ1v) is 21.3. The maximum atomic E-state index is 7.14. The summed E-state index contributed by atoms with van der Waals surface area (Å²) in [6.45, 7) is 4.69. The third-order valence-electron chi connectivity index (χ3n) is 13.8. The maximum Gasteiger partial charge on any atom is 0.140 e. The largest absolute Gasteiger partial charge is 0.456 e. The van der Waals surface area contributed by atoms with Crippen LogP contribution in [0.3, 0.4) is 0 Å². The number of benzene rings is 9. The summed E-state index contributed by atoms with van der Waals surface area (Å²) in [5, 5.41) is 2.53. The molecule has 10 aromatic rings. The Bertz CT molecular complexity index is 3430. The van der Waals surface area contributed by atoms with E-state index in [1.807, 2.05) is 0 Å². The molecule has 0 N–H and O–H groups in total. The van der Waals surface area contributed by atoms with Crippen LogP contribution in [-0.2, 0) is 10.8 Å². The number of hydrogen-bond acceptors (Lipinski definition) is 2. The van der Waals surface area contributed by atoms with Crippen molar-refractivity contribution in [2.45, 2.75) is 24.7 Å². The van der Waals surface area contributed by atoms with Crippen molar-refractivity contribution in [2.24, 2.45) is 0 Å². The van der Waals surface area contributed by atoms with Crippen LogP contribution in [0.5, 0.6) is 11.5 Å². The monoisotopic (exact) mass is 780 g/mol. The number of aromatic nitrogens is 1. The molecule has 9 aromatic carbocycles. The van der Waals surface area contributed by atoms with Crippen molar-refractivity contribution in [1.29, 1.82) is 0 Å². The van der Waals surface area contributed by atoms with Crippen molar-refractivity contribution in [3.8, 4) is 39.4 Å². The molecule has 288 valence electrons. The molecule has 3 nitrogen and oxygen atoms in total. The van der Waals surface area contributed by atoms with E-state index in [0.29, 0.717) is 0 Å². The van der Waals surface area contributed by atoms with E-state index in [2.05, 4.69) is 230 Å². The van der Waals surface area contributed by atoms with Gasteiger partial charge in [0.25, 0.3) is 0 Å². The zero-order valence-electron chi connectivity index (χ0n) is 33.9. The SMILES string of the molecule is CC1(C)c2ccccc2-c2ccc(N(c3ccccc3)c3ccc(-c4cccc5c4Oc4ccccc4C54c5ccccc5-n5c6ccccc6c6cccc4c65)cc3)cc21. The summed E-state index contributed by atoms with van der Waals surface area (Å²) in [7, 11) is 0. The van der Waals surface area contributed by atoms with Crippen LogP contribution < -0.4 is 9.64 Å². The van der Waals surface area contributed by atoms with Crippen LogP contribution in [0.25, 0.3) is 49.7 Å². The number of hydrogen-bond donors (Lipinski definition) is 0. The van der Waals surface area contributed by atoms with Crippen molar-refractivity contribution in [1.82, 2.24) is 4.57 Å². The Balaban J connectivity index is 0.994. The fourth-order valence-corrected chi connectivity index (χ4v) is 11.2. The second kappa shape index (κ2) is 12.5. The molecule has 61 heavy (non-hydrogen) atoms. The quantitative estimate of drug-likeness (QED) is 0.177. The molecule has 13 rings (SSSR count). The number of ether oxygens (including phenoxy) is 1. The molecule has 1 unspecified atom stereocenters. The lowest BCUT2D eigenvalue weighted by Crippen LogP contribution is -2.37. The van der Waals surface area contributed by atoms with Gasteiger partial charge in [-0.15, -0.1) is 0 Å². The van der Waals surface area contributed by atoms with Crippen molar-refractivity contribution in [3.05, 3.63) is 240 Å². The number of rotatable bonds is 4. The molecule has 3 aliphatic rings. The van der Waals surface area contributed by atoms with Crippen molar-refractivity contribution >= 4 is 38.9 Å². The summed E-state index contributed by atoms with van der Waals surface area (Å²) in [6, 6.07) is 75.7. The van der Waals surface area contributed by atoms with Crippen LogP contribution in [-0.4, -0.2) is 4.57 Å². The normalized spacial score (nSPS) is 16.0. The van der Waals surface area contributed by atoms with Crippen LogP contribution >= 0.6 is 0 Å². The van der Waals surface area contributed by atoms with Gasteiger partial charge in [0, 0.05) is 49.9 Å². The molecule has 0 saturated heterocycles. The summed E-state index contributed by atoms with van der Waals surface area (Å²) in [6.07, 6.45) is 0. The fourth-order valence-electron chi connectivity index (χ4n) is 11.2. The van der Waals surface area contributed by atoms with Gasteiger partial charge in [-0.1, -0.05) is 166 Å². The van der Waals surface area contributed by atoms with E-state index < -0.39 is 5.41 Å². The van der Waals surface area contributed by atoms with Gasteiger partial charge in [-0.2, -0.15) is 0 Å². The van der Waals surface area contributed by atoms with Gasteiger partial charge in [-0.3, -0.25) is 0 Å². The van der Waals surface area contributed by atoms with Crippen molar-refractivity contribution in [2.75, 3.05) is 4.90 Å². The van der Waals surface area contributed by atoms with Gasteiger partial charge >= 0.3 is 0 Å². The number of nitrogens with zero attached hydrogens (tertiary/aromatic N) is 2. The minimum absolute atomic E-state index is 0.0997. The molecule has 1 spiro atoms. The van der Waals surface area contributed by atoms with Crippen molar-refractivity contribution in [3.63, 3.8) is 0 Å². The summed E-state index contributed by atoms with van der Waals surface area (Å²) < 4.78 is 9.62. The molecule has 0 saturated carbocycles. The van der Waals surface area contributed by atoms with Crippen LogP contribution in [0.15, 0.2) is 206 Å². The molecule has 3 heteroatoms. The standard InChI is InChI=1S/C58H40N2O/c1-57(2)46-22-8-6-18-42(46)43-35-34-40(36-51(43)57)59(38-16-4-3-5-17-38)39-32-30-37(31-33-39)41-20-14-26-50-56(41)61-54-29-13-10-24-48(54)58(50)47-23-9-12-28-53(47)60-52-27-11-7-19-44(52)45-21-15-25-49(58)55(45)60/h3-36H,1-2H3.